The Labute approximate surface area is 175 Å². The molecule has 0 saturated carbocycles. The number of aromatic nitrogens is 1. The second kappa shape index (κ2) is 7.27. The van der Waals surface area contributed by atoms with Gasteiger partial charge in [-0.2, -0.15) is 0 Å². The third kappa shape index (κ3) is 2.83. The van der Waals surface area contributed by atoms with E-state index >= 15 is 0 Å². The summed E-state index contributed by atoms with van der Waals surface area (Å²) in [6, 6.07) is 13.6. The number of anilines is 1. The van der Waals surface area contributed by atoms with E-state index in [0.29, 0.717) is 34.0 Å². The van der Waals surface area contributed by atoms with Gasteiger partial charge in [-0.3, -0.25) is 14.5 Å². The number of hydrogen-bond acceptors (Lipinski definition) is 6. The molecule has 1 aliphatic heterocycles. The molecule has 7 heteroatoms. The Morgan fingerprint density at radius 2 is 2.07 bits per heavy atom. The van der Waals surface area contributed by atoms with Gasteiger partial charge in [0, 0.05) is 11.6 Å². The quantitative estimate of drug-likeness (QED) is 0.446. The smallest absolute Gasteiger partial charge is 0.297 e. The summed E-state index contributed by atoms with van der Waals surface area (Å²) < 4.78 is 11.6. The lowest BCUT2D eigenvalue weighted by molar-refractivity contribution is 0.0971. The molecule has 0 saturated heterocycles. The van der Waals surface area contributed by atoms with Crippen molar-refractivity contribution < 1.29 is 13.9 Å². The molecule has 148 valence electrons. The minimum absolute atomic E-state index is 0.0521. The molecule has 6 nitrogen and oxygen atoms in total. The predicted molar refractivity (Wildman–Crippen MR) is 115 cm³/mol. The molecule has 1 atom stereocenters. The van der Waals surface area contributed by atoms with Gasteiger partial charge in [-0.15, -0.1) is 11.3 Å². The number of hydrogen-bond donors (Lipinski definition) is 0. The zero-order valence-electron chi connectivity index (χ0n) is 15.8. The summed E-state index contributed by atoms with van der Waals surface area (Å²) in [4.78, 5) is 32.6. The molecule has 3 heterocycles. The van der Waals surface area contributed by atoms with Crippen molar-refractivity contribution in [3.8, 4) is 5.75 Å². The molecule has 0 aliphatic carbocycles. The highest BCUT2D eigenvalue weighted by molar-refractivity contribution is 7.13. The van der Waals surface area contributed by atoms with Crippen LogP contribution in [0.1, 0.15) is 27.7 Å². The lowest BCUT2D eigenvalue weighted by Gasteiger charge is -2.23. The van der Waals surface area contributed by atoms with E-state index in [0.717, 1.165) is 5.56 Å². The maximum atomic E-state index is 13.4. The van der Waals surface area contributed by atoms with Gasteiger partial charge in [-0.25, -0.2) is 4.98 Å². The fourth-order valence-corrected chi connectivity index (χ4v) is 4.36. The van der Waals surface area contributed by atoms with Gasteiger partial charge in [-0.1, -0.05) is 36.9 Å². The Balaban J connectivity index is 1.76. The number of amides is 1. The first kappa shape index (κ1) is 18.3. The molecule has 1 amide bonds. The lowest BCUT2D eigenvalue weighted by atomic mass is 9.98. The summed E-state index contributed by atoms with van der Waals surface area (Å²) in [5, 5.41) is 2.73. The van der Waals surface area contributed by atoms with Crippen LogP contribution < -0.4 is 15.1 Å². The molecule has 4 aromatic rings. The standard InChI is InChI=1S/C23H16N2O4S/c1-2-11-28-15-7-5-6-14(13-15)19-18-20(26)16-8-3-4-9-17(16)29-21(18)22(27)25(19)23-24-10-12-30-23/h2-10,12-13,19H,1,11H2/t19-/m1/s1. The molecule has 30 heavy (non-hydrogen) atoms. The molecule has 2 aromatic carbocycles. The number of thiazole rings is 1. The summed E-state index contributed by atoms with van der Waals surface area (Å²) in [7, 11) is 0. The zero-order chi connectivity index (χ0) is 20.7. The second-order valence-corrected chi connectivity index (χ2v) is 7.61. The molecule has 1 aliphatic rings. The number of ether oxygens (including phenoxy) is 1. The zero-order valence-corrected chi connectivity index (χ0v) is 16.6. The largest absolute Gasteiger partial charge is 0.490 e. The summed E-state index contributed by atoms with van der Waals surface area (Å²) >= 11 is 1.33. The van der Waals surface area contributed by atoms with Crippen LogP contribution in [0.4, 0.5) is 5.13 Å². The molecule has 0 radical (unpaired) electrons. The molecular weight excluding hydrogens is 400 g/mol. The fraction of sp³-hybridized carbons (Fsp3) is 0.0870. The van der Waals surface area contributed by atoms with Crippen molar-refractivity contribution in [3.05, 3.63) is 99.9 Å². The van der Waals surface area contributed by atoms with Crippen molar-refractivity contribution in [1.29, 1.82) is 0 Å². The number of para-hydroxylation sites is 1. The first-order valence-electron chi connectivity index (χ1n) is 9.31. The number of benzene rings is 2. The van der Waals surface area contributed by atoms with Crippen LogP contribution in [0.2, 0.25) is 0 Å². The van der Waals surface area contributed by atoms with E-state index in [1.165, 1.54) is 16.2 Å². The third-order valence-electron chi connectivity index (χ3n) is 4.94. The summed E-state index contributed by atoms with van der Waals surface area (Å²) in [6.07, 6.45) is 3.28. The number of carbonyl (C=O) groups excluding carboxylic acids is 1. The van der Waals surface area contributed by atoms with E-state index in [-0.39, 0.29) is 17.1 Å². The van der Waals surface area contributed by atoms with Crippen molar-refractivity contribution in [3.63, 3.8) is 0 Å². The van der Waals surface area contributed by atoms with Crippen LogP contribution in [0.15, 0.2) is 82.0 Å². The molecular formula is C23H16N2O4S. The molecule has 0 fully saturated rings. The SMILES string of the molecule is C=CCOc1cccc([C@@H]2c3c(oc4ccccc4c3=O)C(=O)N2c2nccs2)c1. The van der Waals surface area contributed by atoms with E-state index in [9.17, 15) is 9.59 Å². The molecule has 0 bridgehead atoms. The van der Waals surface area contributed by atoms with Crippen LogP contribution in [-0.4, -0.2) is 17.5 Å². The molecule has 0 unspecified atom stereocenters. The first-order chi connectivity index (χ1) is 14.7. The van der Waals surface area contributed by atoms with E-state index in [4.69, 9.17) is 9.15 Å². The van der Waals surface area contributed by atoms with Gasteiger partial charge in [-0.05, 0) is 29.8 Å². The minimum atomic E-state index is -0.660. The van der Waals surface area contributed by atoms with Crippen LogP contribution in [0.25, 0.3) is 11.0 Å². The van der Waals surface area contributed by atoms with Crippen LogP contribution in [0.3, 0.4) is 0 Å². The Morgan fingerprint density at radius 3 is 2.87 bits per heavy atom. The molecule has 0 spiro atoms. The number of carbonyl (C=O) groups is 1. The maximum Gasteiger partial charge on any atom is 0.297 e. The predicted octanol–water partition coefficient (Wildman–Crippen LogP) is 4.56. The topological polar surface area (TPSA) is 72.6 Å². The average molecular weight is 416 g/mol. The summed E-state index contributed by atoms with van der Waals surface area (Å²) in [6.45, 7) is 4.02. The van der Waals surface area contributed by atoms with E-state index in [1.807, 2.05) is 24.3 Å². The van der Waals surface area contributed by atoms with Crippen LogP contribution in [0, 0.1) is 0 Å². The van der Waals surface area contributed by atoms with Gasteiger partial charge in [0.25, 0.3) is 5.91 Å². The minimum Gasteiger partial charge on any atom is -0.490 e. The number of nitrogens with zero attached hydrogens (tertiary/aromatic N) is 2. The first-order valence-corrected chi connectivity index (χ1v) is 10.2. The van der Waals surface area contributed by atoms with Crippen LogP contribution in [0.5, 0.6) is 5.75 Å². The van der Waals surface area contributed by atoms with Gasteiger partial charge in [0.15, 0.2) is 10.6 Å². The van der Waals surface area contributed by atoms with Gasteiger partial charge < -0.3 is 9.15 Å². The Morgan fingerprint density at radius 1 is 1.20 bits per heavy atom. The van der Waals surface area contributed by atoms with Crippen molar-refractivity contribution >= 4 is 33.3 Å². The Hall–Kier alpha value is -3.71. The number of fused-ring (bicyclic) bond motifs is 2. The van der Waals surface area contributed by atoms with Crippen LogP contribution in [-0.2, 0) is 0 Å². The Bertz CT molecular complexity index is 1330. The van der Waals surface area contributed by atoms with Gasteiger partial charge >= 0.3 is 0 Å². The monoisotopic (exact) mass is 416 g/mol. The summed E-state index contributed by atoms with van der Waals surface area (Å²) in [5.41, 5.74) is 1.22. The Kier molecular flexibility index (Phi) is 4.44. The highest BCUT2D eigenvalue weighted by atomic mass is 32.1. The highest BCUT2D eigenvalue weighted by Crippen LogP contribution is 2.42. The van der Waals surface area contributed by atoms with Gasteiger partial charge in [0.05, 0.1) is 17.0 Å². The van der Waals surface area contributed by atoms with E-state index < -0.39 is 6.04 Å². The van der Waals surface area contributed by atoms with Crippen molar-refractivity contribution in [2.45, 2.75) is 6.04 Å². The third-order valence-corrected chi connectivity index (χ3v) is 5.72. The van der Waals surface area contributed by atoms with Gasteiger partial charge in [0.2, 0.25) is 5.76 Å². The van der Waals surface area contributed by atoms with Crippen LogP contribution >= 0.6 is 11.3 Å². The van der Waals surface area contributed by atoms with Crippen molar-refractivity contribution in [1.82, 2.24) is 4.98 Å². The average Bonchev–Trinajstić information content (AvgIpc) is 3.39. The summed E-state index contributed by atoms with van der Waals surface area (Å²) in [5.74, 6) is 0.291. The highest BCUT2D eigenvalue weighted by Gasteiger charge is 2.44. The van der Waals surface area contributed by atoms with E-state index in [1.54, 1.807) is 41.9 Å². The second-order valence-electron chi connectivity index (χ2n) is 6.73. The maximum absolute atomic E-state index is 13.4. The van der Waals surface area contributed by atoms with Crippen molar-refractivity contribution in [2.75, 3.05) is 11.5 Å². The van der Waals surface area contributed by atoms with Crippen molar-refractivity contribution in [2.24, 2.45) is 0 Å². The fourth-order valence-electron chi connectivity index (χ4n) is 3.70. The molecule has 2 aromatic heterocycles. The normalized spacial score (nSPS) is 15.4. The number of rotatable bonds is 5. The lowest BCUT2D eigenvalue weighted by Crippen LogP contribution is -2.29. The van der Waals surface area contributed by atoms with Gasteiger partial charge in [0.1, 0.15) is 17.9 Å². The molecule has 0 N–H and O–H groups in total. The van der Waals surface area contributed by atoms with E-state index in [2.05, 4.69) is 11.6 Å². The molecule has 5 rings (SSSR count).